The van der Waals surface area contributed by atoms with E-state index in [0.29, 0.717) is 0 Å². The second kappa shape index (κ2) is 17.2. The van der Waals surface area contributed by atoms with E-state index in [4.69, 9.17) is 0 Å². The van der Waals surface area contributed by atoms with E-state index in [1.165, 1.54) is 105 Å². The van der Waals surface area contributed by atoms with Crippen molar-refractivity contribution in [2.24, 2.45) is 0 Å². The summed E-state index contributed by atoms with van der Waals surface area (Å²) in [5.41, 5.74) is 19.3. The highest BCUT2D eigenvalue weighted by atomic mass is 14.2. The highest BCUT2D eigenvalue weighted by Gasteiger charge is 2.18. The average Bonchev–Trinajstić information content (AvgIpc) is 3.38. The third-order valence-corrected chi connectivity index (χ3v) is 12.5. The molecule has 11 aromatic rings. The van der Waals surface area contributed by atoms with Crippen molar-refractivity contribution in [1.29, 1.82) is 0 Å². The molecule has 0 aromatic heterocycles. The van der Waals surface area contributed by atoms with Crippen molar-refractivity contribution in [3.63, 3.8) is 0 Å². The summed E-state index contributed by atoms with van der Waals surface area (Å²) in [5, 5.41) is 4.94. The Balaban J connectivity index is 1.06. The van der Waals surface area contributed by atoms with Gasteiger partial charge in [-0.15, -0.1) is 0 Å². The molecule has 0 radical (unpaired) electrons. The maximum Gasteiger partial charge on any atom is -0.00259 e. The van der Waals surface area contributed by atoms with Gasteiger partial charge in [0, 0.05) is 0 Å². The summed E-state index contributed by atoms with van der Waals surface area (Å²) < 4.78 is 0. The van der Waals surface area contributed by atoms with Crippen LogP contribution >= 0.6 is 0 Å². The van der Waals surface area contributed by atoms with E-state index in [0.717, 1.165) is 5.56 Å². The van der Waals surface area contributed by atoms with E-state index < -0.39 is 0 Å². The molecule has 0 atom stereocenters. The SMILES string of the molecule is C(=C(c1ccccc1)c1ccccc1)c1ccc(-c2c3ccccc3c(-c3cc(-c4ccc(-c5ccccc5)cc4)cc(-c4ccc(-c5ccccc5)cc4)c3)c3ccccc23)cc1. The Kier molecular flexibility index (Phi) is 10.4. The van der Waals surface area contributed by atoms with Crippen LogP contribution < -0.4 is 0 Å². The third kappa shape index (κ3) is 7.64. The Morgan fingerprint density at radius 3 is 0.891 bits per heavy atom. The number of benzene rings is 11. The molecular formula is C64H44. The molecule has 11 rings (SSSR count). The minimum atomic E-state index is 1.16. The van der Waals surface area contributed by atoms with Crippen molar-refractivity contribution in [3.8, 4) is 66.8 Å². The zero-order valence-corrected chi connectivity index (χ0v) is 35.4. The highest BCUT2D eigenvalue weighted by Crippen LogP contribution is 2.45. The number of rotatable bonds is 9. The fourth-order valence-corrected chi connectivity index (χ4v) is 9.31. The minimum absolute atomic E-state index is 1.16. The second-order valence-corrected chi connectivity index (χ2v) is 16.4. The van der Waals surface area contributed by atoms with Gasteiger partial charge in [0.2, 0.25) is 0 Å². The first-order valence-corrected chi connectivity index (χ1v) is 22.1. The van der Waals surface area contributed by atoms with Gasteiger partial charge in [-0.2, -0.15) is 0 Å². The molecule has 0 spiro atoms. The van der Waals surface area contributed by atoms with Gasteiger partial charge in [-0.1, -0.05) is 243 Å². The molecule has 0 saturated heterocycles. The van der Waals surface area contributed by atoms with Crippen molar-refractivity contribution in [3.05, 3.63) is 278 Å². The molecule has 0 aliphatic carbocycles. The summed E-state index contributed by atoms with van der Waals surface area (Å²) in [6, 6.07) is 94.8. The Hall–Kier alpha value is -8.32. The molecule has 64 heavy (non-hydrogen) atoms. The van der Waals surface area contributed by atoms with Gasteiger partial charge >= 0.3 is 0 Å². The summed E-state index contributed by atoms with van der Waals surface area (Å²) >= 11 is 0. The maximum atomic E-state index is 2.39. The van der Waals surface area contributed by atoms with Gasteiger partial charge in [0.15, 0.2) is 0 Å². The molecule has 0 saturated carbocycles. The molecule has 300 valence electrons. The normalized spacial score (nSPS) is 11.1. The van der Waals surface area contributed by atoms with Crippen LogP contribution in [0.2, 0.25) is 0 Å². The lowest BCUT2D eigenvalue weighted by Crippen LogP contribution is -1.92. The predicted molar refractivity (Wildman–Crippen MR) is 274 cm³/mol. The van der Waals surface area contributed by atoms with Crippen molar-refractivity contribution in [1.82, 2.24) is 0 Å². The van der Waals surface area contributed by atoms with Crippen LogP contribution in [0, 0.1) is 0 Å². The van der Waals surface area contributed by atoms with E-state index in [1.54, 1.807) is 0 Å². The van der Waals surface area contributed by atoms with E-state index in [9.17, 15) is 0 Å². The smallest absolute Gasteiger partial charge is 0.00259 e. The van der Waals surface area contributed by atoms with Crippen LogP contribution in [0.5, 0.6) is 0 Å². The van der Waals surface area contributed by atoms with Crippen LogP contribution in [0.1, 0.15) is 16.7 Å². The third-order valence-electron chi connectivity index (χ3n) is 12.5. The lowest BCUT2D eigenvalue weighted by Gasteiger charge is -2.19. The second-order valence-electron chi connectivity index (χ2n) is 16.4. The van der Waals surface area contributed by atoms with Gasteiger partial charge in [-0.25, -0.2) is 0 Å². The molecule has 0 unspecified atom stereocenters. The van der Waals surface area contributed by atoms with Crippen molar-refractivity contribution >= 4 is 33.2 Å². The van der Waals surface area contributed by atoms with Crippen LogP contribution in [0.15, 0.2) is 261 Å². The predicted octanol–water partition coefficient (Wildman–Crippen LogP) is 17.6. The first kappa shape index (κ1) is 38.6. The van der Waals surface area contributed by atoms with Gasteiger partial charge in [-0.05, 0) is 135 Å². The Bertz CT molecular complexity index is 3200. The van der Waals surface area contributed by atoms with E-state index >= 15 is 0 Å². The Morgan fingerprint density at radius 1 is 0.219 bits per heavy atom. The molecule has 0 heterocycles. The lowest BCUT2D eigenvalue weighted by molar-refractivity contribution is 1.55. The quantitative estimate of drug-likeness (QED) is 0.101. The molecule has 0 fully saturated rings. The lowest BCUT2D eigenvalue weighted by atomic mass is 9.84. The summed E-state index contributed by atoms with van der Waals surface area (Å²) in [7, 11) is 0. The largest absolute Gasteiger partial charge is 0.0622 e. The number of hydrogen-bond acceptors (Lipinski definition) is 0. The molecule has 0 amide bonds. The molecule has 0 N–H and O–H groups in total. The van der Waals surface area contributed by atoms with Crippen LogP contribution in [0.4, 0.5) is 0 Å². The Morgan fingerprint density at radius 2 is 0.500 bits per heavy atom. The standard InChI is InChI=1S/C64H44/c1-5-17-46(18-6-1)48-33-37-50(38-34-48)55-42-56(51-39-35-49(36-40-51)47-19-7-2-8-20-47)44-57(43-55)64-60-27-15-13-25-58(60)63(59-26-14-16-28-61(59)64)54-31-29-45(30-32-54)41-62(52-21-9-3-10-22-52)53-23-11-4-12-24-53/h1-44H. The topological polar surface area (TPSA) is 0 Å². The minimum Gasteiger partial charge on any atom is -0.0622 e. The summed E-state index contributed by atoms with van der Waals surface area (Å²) in [6.45, 7) is 0. The van der Waals surface area contributed by atoms with Crippen LogP contribution in [-0.2, 0) is 0 Å². The summed E-state index contributed by atoms with van der Waals surface area (Å²) in [6.07, 6.45) is 2.31. The Labute approximate surface area is 375 Å². The molecule has 0 bridgehead atoms. The molecule has 0 nitrogen and oxygen atoms in total. The molecular weight excluding hydrogens is 769 g/mol. The van der Waals surface area contributed by atoms with Crippen LogP contribution in [0.3, 0.4) is 0 Å². The first-order chi connectivity index (χ1) is 31.7. The van der Waals surface area contributed by atoms with Gasteiger partial charge in [-0.3, -0.25) is 0 Å². The highest BCUT2D eigenvalue weighted by molar-refractivity contribution is 6.21. The van der Waals surface area contributed by atoms with Crippen molar-refractivity contribution < 1.29 is 0 Å². The van der Waals surface area contributed by atoms with Gasteiger partial charge in [0.1, 0.15) is 0 Å². The van der Waals surface area contributed by atoms with E-state index in [1.807, 2.05) is 0 Å². The van der Waals surface area contributed by atoms with Gasteiger partial charge in [0.05, 0.1) is 0 Å². The summed E-state index contributed by atoms with van der Waals surface area (Å²) in [4.78, 5) is 0. The van der Waals surface area contributed by atoms with Gasteiger partial charge < -0.3 is 0 Å². The average molecular weight is 813 g/mol. The van der Waals surface area contributed by atoms with Crippen LogP contribution in [0.25, 0.3) is 100.0 Å². The van der Waals surface area contributed by atoms with Gasteiger partial charge in [0.25, 0.3) is 0 Å². The first-order valence-electron chi connectivity index (χ1n) is 22.1. The van der Waals surface area contributed by atoms with Crippen molar-refractivity contribution in [2.45, 2.75) is 0 Å². The molecule has 0 aliphatic rings. The molecule has 0 heteroatoms. The van der Waals surface area contributed by atoms with E-state index in [2.05, 4.69) is 267 Å². The maximum absolute atomic E-state index is 2.39. The molecule has 11 aromatic carbocycles. The fourth-order valence-electron chi connectivity index (χ4n) is 9.31. The number of hydrogen-bond donors (Lipinski definition) is 0. The monoisotopic (exact) mass is 812 g/mol. The van der Waals surface area contributed by atoms with Crippen LogP contribution in [-0.4, -0.2) is 0 Å². The zero-order valence-electron chi connectivity index (χ0n) is 35.4. The van der Waals surface area contributed by atoms with Crippen molar-refractivity contribution in [2.75, 3.05) is 0 Å². The summed E-state index contributed by atoms with van der Waals surface area (Å²) in [5.74, 6) is 0. The molecule has 0 aliphatic heterocycles. The zero-order chi connectivity index (χ0) is 42.7. The van der Waals surface area contributed by atoms with E-state index in [-0.39, 0.29) is 0 Å². The fraction of sp³-hybridized carbons (Fsp3) is 0. The number of fused-ring (bicyclic) bond motifs is 2.